The van der Waals surface area contributed by atoms with E-state index in [0.717, 1.165) is 6.54 Å². The van der Waals surface area contributed by atoms with Crippen molar-refractivity contribution in [3.8, 4) is 0 Å². The Kier molecular flexibility index (Phi) is 3.39. The smallest absolute Gasteiger partial charge is 0.350 e. The molecule has 0 saturated carbocycles. The van der Waals surface area contributed by atoms with E-state index < -0.39 is 0 Å². The number of nitrogens with two attached hydrogens (primary N) is 1. The summed E-state index contributed by atoms with van der Waals surface area (Å²) in [5.74, 6) is 0.257. The molecule has 1 aromatic heterocycles. The molecule has 1 atom stereocenters. The summed E-state index contributed by atoms with van der Waals surface area (Å²) < 4.78 is 3.41. The van der Waals surface area contributed by atoms with Crippen LogP contribution in [0.5, 0.6) is 0 Å². The molecule has 72 valence electrons. The van der Waals surface area contributed by atoms with Crippen LogP contribution in [-0.4, -0.2) is 20.8 Å². The van der Waals surface area contributed by atoms with Gasteiger partial charge in [-0.05, 0) is 6.07 Å². The largest absolute Gasteiger partial charge is 0.383 e. The molecule has 1 rings (SSSR count). The Bertz CT molecular complexity index is 338. The zero-order chi connectivity index (χ0) is 9.84. The molecule has 1 heterocycles. The Labute approximate surface area is 78.8 Å². The summed E-state index contributed by atoms with van der Waals surface area (Å²) in [6.45, 7) is 3.36. The van der Waals surface area contributed by atoms with Crippen LogP contribution in [0.1, 0.15) is 6.92 Å². The molecule has 6 heteroatoms. The van der Waals surface area contributed by atoms with Crippen molar-refractivity contribution in [2.75, 3.05) is 12.3 Å². The number of aromatic nitrogens is 2. The first kappa shape index (κ1) is 10.2. The lowest BCUT2D eigenvalue weighted by atomic mass is 10.6. The average Bonchev–Trinajstić information content (AvgIpc) is 2.09. The molecule has 1 unspecified atom stereocenters. The Hall–Kier alpha value is -0.930. The van der Waals surface area contributed by atoms with Crippen LogP contribution >= 0.6 is 9.39 Å². The van der Waals surface area contributed by atoms with Gasteiger partial charge in [0.15, 0.2) is 0 Å². The van der Waals surface area contributed by atoms with Crippen LogP contribution in [0.15, 0.2) is 17.1 Å². The molecule has 0 aromatic carbocycles. The van der Waals surface area contributed by atoms with E-state index in [-0.39, 0.29) is 11.5 Å². The molecule has 5 nitrogen and oxygen atoms in total. The summed E-state index contributed by atoms with van der Waals surface area (Å²) in [6.07, 6.45) is 1.64. The minimum Gasteiger partial charge on any atom is -0.383 e. The van der Waals surface area contributed by atoms with Crippen molar-refractivity contribution >= 4 is 15.2 Å². The standard InChI is InChI=1S/C7H13N4OP/c1-2-11(13)5-10-4-3-6(8)9-7(10)12/h3-4H,2,5,13H2,1H3,(H2,8,9,12). The van der Waals surface area contributed by atoms with Crippen LogP contribution in [0.2, 0.25) is 0 Å². The highest BCUT2D eigenvalue weighted by molar-refractivity contribution is 7.13. The van der Waals surface area contributed by atoms with Gasteiger partial charge in [0.05, 0.1) is 6.67 Å². The molecule has 0 amide bonds. The fourth-order valence-electron chi connectivity index (χ4n) is 0.845. The fourth-order valence-corrected chi connectivity index (χ4v) is 1.02. The number of rotatable bonds is 3. The van der Waals surface area contributed by atoms with Crippen molar-refractivity contribution in [3.63, 3.8) is 0 Å². The Morgan fingerprint density at radius 2 is 2.46 bits per heavy atom. The summed E-state index contributed by atoms with van der Waals surface area (Å²) in [4.78, 5) is 14.8. The molecular weight excluding hydrogens is 187 g/mol. The van der Waals surface area contributed by atoms with E-state index in [1.54, 1.807) is 12.3 Å². The summed E-state index contributed by atoms with van der Waals surface area (Å²) in [5.41, 5.74) is 5.03. The highest BCUT2D eigenvalue weighted by atomic mass is 31.0. The van der Waals surface area contributed by atoms with Crippen molar-refractivity contribution < 1.29 is 0 Å². The SMILES string of the molecule is CCN(P)Cn1ccc(N)nc1=O. The minimum absolute atomic E-state index is 0.257. The Balaban J connectivity index is 2.84. The number of hydrogen-bond acceptors (Lipinski definition) is 4. The molecule has 0 fully saturated rings. The molecule has 0 aliphatic heterocycles. The number of nitrogen functional groups attached to an aromatic ring is 1. The highest BCUT2D eigenvalue weighted by Crippen LogP contribution is 1.99. The third-order valence-corrected chi connectivity index (χ3v) is 2.16. The van der Waals surface area contributed by atoms with Gasteiger partial charge in [0, 0.05) is 12.7 Å². The average molecular weight is 200 g/mol. The summed E-state index contributed by atoms with van der Waals surface area (Å²) in [7, 11) is 2.53. The van der Waals surface area contributed by atoms with E-state index in [1.807, 2.05) is 11.6 Å². The minimum atomic E-state index is -0.319. The summed E-state index contributed by atoms with van der Waals surface area (Å²) in [5, 5.41) is 0. The van der Waals surface area contributed by atoms with Gasteiger partial charge in [-0.15, -0.1) is 0 Å². The number of nitrogens with zero attached hydrogens (tertiary/aromatic N) is 3. The van der Waals surface area contributed by atoms with Gasteiger partial charge in [0.25, 0.3) is 0 Å². The fraction of sp³-hybridized carbons (Fsp3) is 0.429. The first-order chi connectivity index (χ1) is 6.13. The second-order valence-corrected chi connectivity index (χ2v) is 3.38. The predicted molar refractivity (Wildman–Crippen MR) is 55.0 cm³/mol. The van der Waals surface area contributed by atoms with Crippen LogP contribution in [0, 0.1) is 0 Å². The molecule has 0 spiro atoms. The zero-order valence-corrected chi connectivity index (χ0v) is 8.63. The lowest BCUT2D eigenvalue weighted by Gasteiger charge is -2.14. The normalized spacial score (nSPS) is 10.7. The number of anilines is 1. The molecule has 0 aliphatic rings. The topological polar surface area (TPSA) is 64.2 Å². The van der Waals surface area contributed by atoms with Crippen LogP contribution in [0.4, 0.5) is 5.82 Å². The molecule has 1 aromatic rings. The van der Waals surface area contributed by atoms with Gasteiger partial charge in [0.2, 0.25) is 0 Å². The maximum atomic E-state index is 11.2. The summed E-state index contributed by atoms with van der Waals surface area (Å²) >= 11 is 0. The van der Waals surface area contributed by atoms with Gasteiger partial charge >= 0.3 is 5.69 Å². The number of hydrogen-bond donors (Lipinski definition) is 1. The Morgan fingerprint density at radius 1 is 1.77 bits per heavy atom. The molecular formula is C7H13N4OP. The first-order valence-electron chi connectivity index (χ1n) is 3.96. The van der Waals surface area contributed by atoms with E-state index in [2.05, 4.69) is 14.4 Å². The molecule has 0 saturated heterocycles. The maximum absolute atomic E-state index is 11.2. The van der Waals surface area contributed by atoms with Gasteiger partial charge in [-0.25, -0.2) is 4.79 Å². The first-order valence-corrected chi connectivity index (χ1v) is 4.47. The van der Waals surface area contributed by atoms with Crippen molar-refractivity contribution in [1.29, 1.82) is 0 Å². The van der Waals surface area contributed by atoms with E-state index in [4.69, 9.17) is 5.73 Å². The monoisotopic (exact) mass is 200 g/mol. The molecule has 13 heavy (non-hydrogen) atoms. The zero-order valence-electron chi connectivity index (χ0n) is 7.47. The van der Waals surface area contributed by atoms with Gasteiger partial charge in [-0.1, -0.05) is 16.3 Å². The molecule has 0 radical (unpaired) electrons. The van der Waals surface area contributed by atoms with Gasteiger partial charge < -0.3 is 5.73 Å². The second kappa shape index (κ2) is 4.35. The van der Waals surface area contributed by atoms with Gasteiger partial charge in [-0.3, -0.25) is 9.24 Å². The maximum Gasteiger partial charge on any atom is 0.350 e. The third-order valence-electron chi connectivity index (χ3n) is 1.64. The molecule has 0 bridgehead atoms. The van der Waals surface area contributed by atoms with Crippen LogP contribution in [0.3, 0.4) is 0 Å². The van der Waals surface area contributed by atoms with Crippen LogP contribution in [-0.2, 0) is 6.67 Å². The van der Waals surface area contributed by atoms with E-state index in [0.29, 0.717) is 6.67 Å². The molecule has 0 aliphatic carbocycles. The van der Waals surface area contributed by atoms with Crippen LogP contribution < -0.4 is 11.4 Å². The van der Waals surface area contributed by atoms with E-state index in [1.165, 1.54) is 4.57 Å². The second-order valence-electron chi connectivity index (χ2n) is 2.65. The van der Waals surface area contributed by atoms with E-state index in [9.17, 15) is 4.79 Å². The molecule has 2 N–H and O–H groups in total. The van der Waals surface area contributed by atoms with Crippen molar-refractivity contribution in [1.82, 2.24) is 14.2 Å². The van der Waals surface area contributed by atoms with Gasteiger partial charge in [-0.2, -0.15) is 4.98 Å². The van der Waals surface area contributed by atoms with Crippen molar-refractivity contribution in [2.45, 2.75) is 13.6 Å². The summed E-state index contributed by atoms with van der Waals surface area (Å²) in [6, 6.07) is 1.61. The van der Waals surface area contributed by atoms with E-state index >= 15 is 0 Å². The van der Waals surface area contributed by atoms with Crippen LogP contribution in [0.25, 0.3) is 0 Å². The lowest BCUT2D eigenvalue weighted by Crippen LogP contribution is -2.28. The van der Waals surface area contributed by atoms with Crippen molar-refractivity contribution in [2.24, 2.45) is 0 Å². The quantitative estimate of drug-likeness (QED) is 0.692. The lowest BCUT2D eigenvalue weighted by molar-refractivity contribution is 0.389. The van der Waals surface area contributed by atoms with Gasteiger partial charge in [0.1, 0.15) is 5.82 Å². The predicted octanol–water partition coefficient (Wildman–Crippen LogP) is -0.105. The highest BCUT2D eigenvalue weighted by Gasteiger charge is 1.99. The Morgan fingerprint density at radius 3 is 3.00 bits per heavy atom. The van der Waals surface area contributed by atoms with Crippen molar-refractivity contribution in [3.05, 3.63) is 22.7 Å². The third kappa shape index (κ3) is 2.79.